The largest absolute Gasteiger partial charge is 0.489 e. The molecule has 2 aromatic carbocycles. The SMILES string of the molecule is CCN1CCC[C@H]1CNCc1cccc(OCc2c(Cl)cccc2Cl)c1. The van der Waals surface area contributed by atoms with Crippen LogP contribution in [0.15, 0.2) is 42.5 Å². The van der Waals surface area contributed by atoms with Crippen molar-refractivity contribution in [3.05, 3.63) is 63.6 Å². The molecular weight excluding hydrogens is 367 g/mol. The summed E-state index contributed by atoms with van der Waals surface area (Å²) in [5.74, 6) is 0.830. The van der Waals surface area contributed by atoms with E-state index in [0.29, 0.717) is 22.7 Å². The van der Waals surface area contributed by atoms with E-state index >= 15 is 0 Å². The molecule has 26 heavy (non-hydrogen) atoms. The molecule has 0 radical (unpaired) electrons. The molecule has 140 valence electrons. The van der Waals surface area contributed by atoms with Gasteiger partial charge in [0.05, 0.1) is 0 Å². The van der Waals surface area contributed by atoms with E-state index in [1.165, 1.54) is 24.9 Å². The zero-order chi connectivity index (χ0) is 18.4. The molecule has 3 nitrogen and oxygen atoms in total. The molecule has 0 unspecified atom stereocenters. The van der Waals surface area contributed by atoms with E-state index in [1.54, 1.807) is 0 Å². The molecule has 1 fully saturated rings. The Kier molecular flexibility index (Phi) is 7.21. The number of halogens is 2. The normalized spacial score (nSPS) is 17.6. The van der Waals surface area contributed by atoms with Gasteiger partial charge in [-0.1, -0.05) is 48.3 Å². The van der Waals surface area contributed by atoms with Gasteiger partial charge >= 0.3 is 0 Å². The van der Waals surface area contributed by atoms with Crippen LogP contribution in [0.4, 0.5) is 0 Å². The molecule has 1 saturated heterocycles. The highest BCUT2D eigenvalue weighted by molar-refractivity contribution is 6.35. The summed E-state index contributed by atoms with van der Waals surface area (Å²) >= 11 is 12.4. The van der Waals surface area contributed by atoms with Crippen LogP contribution >= 0.6 is 23.2 Å². The highest BCUT2D eigenvalue weighted by atomic mass is 35.5. The van der Waals surface area contributed by atoms with Crippen molar-refractivity contribution in [2.24, 2.45) is 0 Å². The fourth-order valence-corrected chi connectivity index (χ4v) is 4.00. The van der Waals surface area contributed by atoms with Crippen LogP contribution in [0.25, 0.3) is 0 Å². The topological polar surface area (TPSA) is 24.5 Å². The quantitative estimate of drug-likeness (QED) is 0.672. The number of nitrogens with one attached hydrogen (secondary N) is 1. The number of ether oxygens (including phenoxy) is 1. The predicted octanol–water partition coefficient (Wildman–Crippen LogP) is 5.15. The Morgan fingerprint density at radius 2 is 1.92 bits per heavy atom. The van der Waals surface area contributed by atoms with E-state index in [4.69, 9.17) is 27.9 Å². The number of rotatable bonds is 8. The van der Waals surface area contributed by atoms with E-state index < -0.39 is 0 Å². The third-order valence-corrected chi connectivity index (χ3v) is 5.67. The minimum atomic E-state index is 0.364. The highest BCUT2D eigenvalue weighted by Gasteiger charge is 2.22. The summed E-state index contributed by atoms with van der Waals surface area (Å²) in [7, 11) is 0. The summed E-state index contributed by atoms with van der Waals surface area (Å²) in [5.41, 5.74) is 2.04. The molecule has 3 rings (SSSR count). The smallest absolute Gasteiger partial charge is 0.120 e. The molecule has 0 aromatic heterocycles. The van der Waals surface area contributed by atoms with Gasteiger partial charge < -0.3 is 10.1 Å². The molecule has 1 heterocycles. The maximum absolute atomic E-state index is 6.20. The van der Waals surface area contributed by atoms with Crippen LogP contribution < -0.4 is 10.1 Å². The lowest BCUT2D eigenvalue weighted by atomic mass is 10.2. The molecule has 1 atom stereocenters. The second-order valence-electron chi connectivity index (χ2n) is 6.69. The standard InChI is InChI=1S/C21H26Cl2N2O/c1-2-25-11-5-7-17(25)14-24-13-16-6-3-8-18(12-16)26-15-19-20(22)9-4-10-21(19)23/h3-4,6,8-10,12,17,24H,2,5,7,11,13-15H2,1H3/t17-/m0/s1. The maximum atomic E-state index is 6.20. The first kappa shape index (κ1) is 19.5. The van der Waals surface area contributed by atoms with Crippen molar-refractivity contribution < 1.29 is 4.74 Å². The molecule has 0 bridgehead atoms. The fraction of sp³-hybridized carbons (Fsp3) is 0.429. The first-order valence-corrected chi connectivity index (χ1v) is 10.0. The monoisotopic (exact) mass is 392 g/mol. The molecule has 5 heteroatoms. The lowest BCUT2D eigenvalue weighted by Crippen LogP contribution is -2.37. The summed E-state index contributed by atoms with van der Waals surface area (Å²) in [6.45, 7) is 6.86. The number of likely N-dealkylation sites (N-methyl/N-ethyl adjacent to an activating group) is 1. The summed E-state index contributed by atoms with van der Waals surface area (Å²) in [4.78, 5) is 2.56. The van der Waals surface area contributed by atoms with Gasteiger partial charge in [0.25, 0.3) is 0 Å². The summed E-state index contributed by atoms with van der Waals surface area (Å²) in [6, 6.07) is 14.3. The summed E-state index contributed by atoms with van der Waals surface area (Å²) in [5, 5.41) is 4.85. The van der Waals surface area contributed by atoms with E-state index in [9.17, 15) is 0 Å². The van der Waals surface area contributed by atoms with Crippen molar-refractivity contribution in [1.29, 1.82) is 0 Å². The molecule has 0 saturated carbocycles. The van der Waals surface area contributed by atoms with Crippen LogP contribution in [0.2, 0.25) is 10.0 Å². The number of benzene rings is 2. The Hall–Kier alpha value is -1.26. The summed E-state index contributed by atoms with van der Waals surface area (Å²) < 4.78 is 5.90. The van der Waals surface area contributed by atoms with Crippen molar-refractivity contribution in [2.75, 3.05) is 19.6 Å². The average Bonchev–Trinajstić information content (AvgIpc) is 3.09. The van der Waals surface area contributed by atoms with E-state index in [-0.39, 0.29) is 0 Å². The molecule has 1 aliphatic heterocycles. The zero-order valence-electron chi connectivity index (χ0n) is 15.2. The van der Waals surface area contributed by atoms with E-state index in [1.807, 2.05) is 30.3 Å². The summed E-state index contributed by atoms with van der Waals surface area (Å²) in [6.07, 6.45) is 2.61. The third-order valence-electron chi connectivity index (χ3n) is 4.96. The minimum Gasteiger partial charge on any atom is -0.489 e. The number of likely N-dealkylation sites (tertiary alicyclic amines) is 1. The minimum absolute atomic E-state index is 0.364. The Morgan fingerprint density at radius 1 is 1.15 bits per heavy atom. The van der Waals surface area contributed by atoms with Crippen molar-refractivity contribution in [1.82, 2.24) is 10.2 Å². The Morgan fingerprint density at radius 3 is 2.69 bits per heavy atom. The van der Waals surface area contributed by atoms with Crippen molar-refractivity contribution in [3.63, 3.8) is 0 Å². The number of hydrogen-bond acceptors (Lipinski definition) is 3. The van der Waals surface area contributed by atoms with Gasteiger partial charge in [-0.3, -0.25) is 4.90 Å². The van der Waals surface area contributed by atoms with Gasteiger partial charge in [-0.05, 0) is 55.8 Å². The van der Waals surface area contributed by atoms with Crippen molar-refractivity contribution >= 4 is 23.2 Å². The molecule has 1 aliphatic rings. The number of nitrogens with zero attached hydrogens (tertiary/aromatic N) is 1. The predicted molar refractivity (Wildman–Crippen MR) is 109 cm³/mol. The van der Waals surface area contributed by atoms with Crippen LogP contribution in [-0.2, 0) is 13.2 Å². The van der Waals surface area contributed by atoms with E-state index in [0.717, 1.165) is 30.9 Å². The molecule has 0 amide bonds. The van der Waals surface area contributed by atoms with Crippen molar-refractivity contribution in [2.45, 2.75) is 39.0 Å². The Balaban J connectivity index is 1.51. The van der Waals surface area contributed by atoms with Gasteiger partial charge in [0.1, 0.15) is 12.4 Å². The zero-order valence-corrected chi connectivity index (χ0v) is 16.7. The van der Waals surface area contributed by atoms with Crippen molar-refractivity contribution in [3.8, 4) is 5.75 Å². The van der Waals surface area contributed by atoms with Gasteiger partial charge in [-0.2, -0.15) is 0 Å². The fourth-order valence-electron chi connectivity index (χ4n) is 3.50. The molecular formula is C21H26Cl2N2O. The number of hydrogen-bond donors (Lipinski definition) is 1. The van der Waals surface area contributed by atoms with Gasteiger partial charge in [-0.25, -0.2) is 0 Å². The lowest BCUT2D eigenvalue weighted by Gasteiger charge is -2.23. The average molecular weight is 393 g/mol. The second kappa shape index (κ2) is 9.61. The van der Waals surface area contributed by atoms with Crippen LogP contribution in [0, 0.1) is 0 Å². The second-order valence-corrected chi connectivity index (χ2v) is 7.51. The van der Waals surface area contributed by atoms with Crippen LogP contribution in [0.1, 0.15) is 30.9 Å². The highest BCUT2D eigenvalue weighted by Crippen LogP contribution is 2.26. The van der Waals surface area contributed by atoms with E-state index in [2.05, 4.69) is 29.3 Å². The lowest BCUT2D eigenvalue weighted by molar-refractivity contribution is 0.260. The molecule has 2 aromatic rings. The first-order valence-electron chi connectivity index (χ1n) is 9.26. The Labute approximate surface area is 166 Å². The maximum Gasteiger partial charge on any atom is 0.120 e. The molecule has 0 aliphatic carbocycles. The van der Waals surface area contributed by atoms with Gasteiger partial charge in [-0.15, -0.1) is 0 Å². The Bertz CT molecular complexity index is 703. The van der Waals surface area contributed by atoms with Gasteiger partial charge in [0.2, 0.25) is 0 Å². The van der Waals surface area contributed by atoms with Crippen LogP contribution in [0.3, 0.4) is 0 Å². The van der Waals surface area contributed by atoms with Gasteiger partial charge in [0.15, 0.2) is 0 Å². The van der Waals surface area contributed by atoms with Gasteiger partial charge in [0, 0.05) is 34.7 Å². The molecule has 0 spiro atoms. The molecule has 1 N–H and O–H groups in total. The van der Waals surface area contributed by atoms with Crippen LogP contribution in [-0.4, -0.2) is 30.6 Å². The van der Waals surface area contributed by atoms with Crippen LogP contribution in [0.5, 0.6) is 5.75 Å². The third kappa shape index (κ3) is 5.14. The first-order chi connectivity index (χ1) is 12.7.